The Morgan fingerprint density at radius 1 is 1.28 bits per heavy atom. The van der Waals surface area contributed by atoms with Crippen LogP contribution in [0.3, 0.4) is 0 Å². The number of urea groups is 1. The molecule has 2 N–H and O–H groups in total. The van der Waals surface area contributed by atoms with Crippen LogP contribution in [0.1, 0.15) is 43.9 Å². The summed E-state index contributed by atoms with van der Waals surface area (Å²) in [6, 6.07) is 0.0875. The van der Waals surface area contributed by atoms with Gasteiger partial charge in [0, 0.05) is 31.6 Å². The van der Waals surface area contributed by atoms with Crippen molar-refractivity contribution in [1.29, 1.82) is 0 Å². The third kappa shape index (κ3) is 3.53. The van der Waals surface area contributed by atoms with E-state index < -0.39 is 0 Å². The molecule has 1 saturated carbocycles. The molecule has 4 rings (SSSR count). The molecule has 3 heterocycles. The fraction of sp³-hybridized carbons (Fsp3) is 0.588. The van der Waals surface area contributed by atoms with Crippen molar-refractivity contribution in [2.45, 2.75) is 44.4 Å². The van der Waals surface area contributed by atoms with Crippen LogP contribution in [0.5, 0.6) is 0 Å². The lowest BCUT2D eigenvalue weighted by Crippen LogP contribution is -2.39. The van der Waals surface area contributed by atoms with Crippen LogP contribution < -0.4 is 10.6 Å². The number of carbonyl (C=O) groups excluding carboxylic acids is 1. The van der Waals surface area contributed by atoms with Gasteiger partial charge in [0.15, 0.2) is 0 Å². The van der Waals surface area contributed by atoms with E-state index in [-0.39, 0.29) is 18.2 Å². The van der Waals surface area contributed by atoms with E-state index in [1.165, 1.54) is 12.8 Å². The van der Waals surface area contributed by atoms with Crippen LogP contribution in [-0.2, 0) is 11.8 Å². The Morgan fingerprint density at radius 2 is 2.12 bits per heavy atom. The van der Waals surface area contributed by atoms with Gasteiger partial charge in [-0.2, -0.15) is 10.2 Å². The number of rotatable bonds is 5. The van der Waals surface area contributed by atoms with Crippen LogP contribution in [0.2, 0.25) is 0 Å². The van der Waals surface area contributed by atoms with Gasteiger partial charge in [-0.1, -0.05) is 0 Å². The van der Waals surface area contributed by atoms with E-state index in [4.69, 9.17) is 4.74 Å². The summed E-state index contributed by atoms with van der Waals surface area (Å²) in [5, 5.41) is 14.4. The maximum atomic E-state index is 12.3. The molecular weight excluding hydrogens is 320 g/mol. The van der Waals surface area contributed by atoms with Crippen LogP contribution in [0.25, 0.3) is 0 Å². The first-order chi connectivity index (χ1) is 12.1. The van der Waals surface area contributed by atoms with Crippen LogP contribution in [-0.4, -0.2) is 38.2 Å². The van der Waals surface area contributed by atoms with Gasteiger partial charge in [-0.25, -0.2) is 4.79 Å². The summed E-state index contributed by atoms with van der Waals surface area (Å²) in [4.78, 5) is 12.3. The van der Waals surface area contributed by atoms with E-state index >= 15 is 0 Å². The molecular formula is C17H24N6O2. The normalized spacial score (nSPS) is 24.2. The number of amides is 2. The van der Waals surface area contributed by atoms with Gasteiger partial charge in [0.1, 0.15) is 6.10 Å². The van der Waals surface area contributed by atoms with Gasteiger partial charge in [-0.15, -0.1) is 0 Å². The second-order valence-electron chi connectivity index (χ2n) is 7.02. The molecule has 2 aromatic heterocycles. The fourth-order valence-corrected chi connectivity index (χ4v) is 3.41. The summed E-state index contributed by atoms with van der Waals surface area (Å²) in [5.41, 5.74) is 1.69. The lowest BCUT2D eigenvalue weighted by molar-refractivity contribution is 0.100. The summed E-state index contributed by atoms with van der Waals surface area (Å²) in [6.45, 7) is 2.80. The molecule has 2 aromatic rings. The predicted molar refractivity (Wildman–Crippen MR) is 92.1 cm³/mol. The molecule has 0 aromatic carbocycles. The highest BCUT2D eigenvalue weighted by atomic mass is 16.5. The molecule has 1 aliphatic carbocycles. The number of nitrogens with zero attached hydrogens (tertiary/aromatic N) is 4. The van der Waals surface area contributed by atoms with Crippen molar-refractivity contribution in [2.75, 3.05) is 11.9 Å². The van der Waals surface area contributed by atoms with Crippen LogP contribution >= 0.6 is 0 Å². The Hall–Kier alpha value is -2.35. The average Bonchev–Trinajstić information content (AvgIpc) is 2.94. The van der Waals surface area contributed by atoms with E-state index in [0.717, 1.165) is 17.9 Å². The Bertz CT molecular complexity index is 750. The lowest BCUT2D eigenvalue weighted by atomic mass is 10.1. The van der Waals surface area contributed by atoms with Gasteiger partial charge in [0.2, 0.25) is 0 Å². The lowest BCUT2D eigenvalue weighted by Gasteiger charge is -2.18. The number of hydrogen-bond donors (Lipinski definition) is 2. The van der Waals surface area contributed by atoms with Gasteiger partial charge in [-0.3, -0.25) is 9.36 Å². The Balaban J connectivity index is 1.35. The standard InChI is InChI=1S/C17H24N6O2/c1-11(12-3-4-12)23-10-14(8-19-23)20-17(24)21-15-5-6-25-16(15)13-7-18-22(2)9-13/h7-12,15-16H,3-6H2,1-2H3,(H2,20,21,24)/t11?,15-,16+/m0/s1. The van der Waals surface area contributed by atoms with Gasteiger partial charge >= 0.3 is 6.03 Å². The van der Waals surface area contributed by atoms with Crippen molar-refractivity contribution < 1.29 is 9.53 Å². The van der Waals surface area contributed by atoms with E-state index in [1.807, 2.05) is 24.1 Å². The molecule has 1 unspecified atom stereocenters. The van der Waals surface area contributed by atoms with Gasteiger partial charge in [0.25, 0.3) is 0 Å². The molecule has 0 spiro atoms. The highest BCUT2D eigenvalue weighted by Crippen LogP contribution is 2.39. The van der Waals surface area contributed by atoms with Gasteiger partial charge in [0.05, 0.1) is 30.2 Å². The second-order valence-corrected chi connectivity index (χ2v) is 7.02. The van der Waals surface area contributed by atoms with E-state index in [0.29, 0.717) is 18.3 Å². The monoisotopic (exact) mass is 344 g/mol. The fourth-order valence-electron chi connectivity index (χ4n) is 3.41. The molecule has 134 valence electrons. The minimum atomic E-state index is -0.233. The van der Waals surface area contributed by atoms with Gasteiger partial charge in [-0.05, 0) is 32.1 Å². The molecule has 25 heavy (non-hydrogen) atoms. The van der Waals surface area contributed by atoms with Crippen molar-refractivity contribution in [1.82, 2.24) is 24.9 Å². The quantitative estimate of drug-likeness (QED) is 0.871. The van der Waals surface area contributed by atoms with Crippen molar-refractivity contribution >= 4 is 11.7 Å². The van der Waals surface area contributed by atoms with E-state index in [9.17, 15) is 4.79 Å². The largest absolute Gasteiger partial charge is 0.371 e. The summed E-state index contributed by atoms with van der Waals surface area (Å²) in [5.74, 6) is 0.720. The zero-order valence-corrected chi connectivity index (χ0v) is 14.6. The van der Waals surface area contributed by atoms with Crippen LogP contribution in [0.4, 0.5) is 10.5 Å². The zero-order valence-electron chi connectivity index (χ0n) is 14.6. The molecule has 0 bridgehead atoms. The van der Waals surface area contributed by atoms with Crippen molar-refractivity contribution in [3.8, 4) is 0 Å². The molecule has 3 atom stereocenters. The number of aromatic nitrogens is 4. The van der Waals surface area contributed by atoms with E-state index in [2.05, 4.69) is 27.8 Å². The molecule has 8 heteroatoms. The number of anilines is 1. The first-order valence-corrected chi connectivity index (χ1v) is 8.82. The number of aryl methyl sites for hydroxylation is 1. The number of ether oxygens (including phenoxy) is 1. The van der Waals surface area contributed by atoms with Crippen molar-refractivity contribution in [3.63, 3.8) is 0 Å². The number of hydrogen-bond acceptors (Lipinski definition) is 4. The molecule has 2 amide bonds. The Kier molecular flexibility index (Phi) is 4.20. The number of carbonyl (C=O) groups is 1. The first kappa shape index (κ1) is 16.1. The van der Waals surface area contributed by atoms with Crippen molar-refractivity contribution in [3.05, 3.63) is 30.4 Å². The maximum Gasteiger partial charge on any atom is 0.319 e. The maximum absolute atomic E-state index is 12.3. The molecule has 1 aliphatic heterocycles. The Morgan fingerprint density at radius 3 is 2.84 bits per heavy atom. The highest BCUT2D eigenvalue weighted by molar-refractivity contribution is 5.89. The van der Waals surface area contributed by atoms with E-state index in [1.54, 1.807) is 17.1 Å². The first-order valence-electron chi connectivity index (χ1n) is 8.82. The molecule has 2 aliphatic rings. The smallest absolute Gasteiger partial charge is 0.319 e. The molecule has 8 nitrogen and oxygen atoms in total. The predicted octanol–water partition coefficient (Wildman–Crippen LogP) is 2.24. The summed E-state index contributed by atoms with van der Waals surface area (Å²) >= 11 is 0. The summed E-state index contributed by atoms with van der Waals surface area (Å²) in [6.07, 6.45) is 10.5. The summed E-state index contributed by atoms with van der Waals surface area (Å²) < 4.78 is 9.45. The molecule has 0 radical (unpaired) electrons. The van der Waals surface area contributed by atoms with Crippen LogP contribution in [0, 0.1) is 5.92 Å². The van der Waals surface area contributed by atoms with Crippen LogP contribution in [0.15, 0.2) is 24.8 Å². The third-order valence-corrected chi connectivity index (χ3v) is 5.04. The van der Waals surface area contributed by atoms with Gasteiger partial charge < -0.3 is 15.4 Å². The second kappa shape index (κ2) is 6.51. The average molecular weight is 344 g/mol. The minimum absolute atomic E-state index is 0.0652. The molecule has 1 saturated heterocycles. The number of nitrogens with one attached hydrogen (secondary N) is 2. The minimum Gasteiger partial charge on any atom is -0.371 e. The summed E-state index contributed by atoms with van der Waals surface area (Å²) in [7, 11) is 1.87. The highest BCUT2D eigenvalue weighted by Gasteiger charge is 2.32. The molecule has 2 fully saturated rings. The Labute approximate surface area is 146 Å². The zero-order chi connectivity index (χ0) is 17.4. The van der Waals surface area contributed by atoms with Crippen molar-refractivity contribution in [2.24, 2.45) is 13.0 Å². The SMILES string of the molecule is CC(C1CC1)n1cc(NC(=O)N[C@H]2CCO[C@@H]2c2cnn(C)c2)cn1. The third-order valence-electron chi connectivity index (χ3n) is 5.04. The topological polar surface area (TPSA) is 86.0 Å².